The molecule has 9 heteroatoms. The first-order chi connectivity index (χ1) is 15.2. The van der Waals surface area contributed by atoms with E-state index in [9.17, 15) is 18.0 Å². The number of hydrogen-bond donors (Lipinski definition) is 1. The van der Waals surface area contributed by atoms with E-state index >= 15 is 0 Å². The number of esters is 1. The second kappa shape index (κ2) is 9.95. The van der Waals surface area contributed by atoms with Gasteiger partial charge in [0.2, 0.25) is 0 Å². The largest absolute Gasteiger partial charge is 0.456 e. The zero-order valence-electron chi connectivity index (χ0n) is 18.4. The van der Waals surface area contributed by atoms with Crippen LogP contribution >= 0.6 is 0 Å². The number of benzene rings is 2. The van der Waals surface area contributed by atoms with Gasteiger partial charge in [0.05, 0.1) is 5.69 Å². The Labute approximate surface area is 188 Å². The highest BCUT2D eigenvalue weighted by atomic mass is 32.2. The lowest BCUT2D eigenvalue weighted by Gasteiger charge is -2.22. The Morgan fingerprint density at radius 2 is 1.91 bits per heavy atom. The fourth-order valence-electron chi connectivity index (χ4n) is 3.52. The van der Waals surface area contributed by atoms with Crippen LogP contribution in [0.5, 0.6) is 0 Å². The second-order valence-corrected chi connectivity index (χ2v) is 9.36. The number of likely N-dealkylation sites (N-methyl/N-ethyl adjacent to an activating group) is 1. The number of anilines is 2. The number of para-hydroxylation sites is 1. The summed E-state index contributed by atoms with van der Waals surface area (Å²) in [6.45, 7) is 5.70. The van der Waals surface area contributed by atoms with E-state index in [0.29, 0.717) is 12.2 Å². The fraction of sp³-hybridized carbons (Fsp3) is 0.348. The van der Waals surface area contributed by atoms with Crippen molar-refractivity contribution in [3.63, 3.8) is 0 Å². The highest BCUT2D eigenvalue weighted by molar-refractivity contribution is 7.90. The van der Waals surface area contributed by atoms with Crippen LogP contribution in [0.4, 0.5) is 11.4 Å². The number of ether oxygens (including phenoxy) is 1. The molecule has 0 radical (unpaired) electrons. The minimum Gasteiger partial charge on any atom is -0.456 e. The maximum Gasteiger partial charge on any atom is 0.306 e. The van der Waals surface area contributed by atoms with Crippen LogP contribution in [-0.4, -0.2) is 39.3 Å². The van der Waals surface area contributed by atoms with Crippen LogP contribution in [-0.2, 0) is 24.3 Å². The van der Waals surface area contributed by atoms with E-state index in [-0.39, 0.29) is 42.0 Å². The number of sulfonamides is 1. The molecule has 1 aliphatic heterocycles. The van der Waals surface area contributed by atoms with Gasteiger partial charge in [-0.25, -0.2) is 0 Å². The molecule has 1 aliphatic rings. The highest BCUT2D eigenvalue weighted by Crippen LogP contribution is 2.28. The molecular formula is C23H27N3O5S. The Kier molecular flexibility index (Phi) is 7.29. The number of carbonyl (C=O) groups excluding carboxylic acids is 2. The van der Waals surface area contributed by atoms with Gasteiger partial charge in [-0.1, -0.05) is 31.2 Å². The minimum atomic E-state index is -3.77. The molecule has 2 aromatic rings. The zero-order valence-corrected chi connectivity index (χ0v) is 19.2. The van der Waals surface area contributed by atoms with Crippen molar-refractivity contribution in [2.75, 3.05) is 23.4 Å². The SMILES string of the molecule is CCN(C(=O)COC(=O)C[C@@H](C)CC1=NS(=O)(=O)c2ccccc2N1)c1cccc(C)c1. The smallest absolute Gasteiger partial charge is 0.306 e. The highest BCUT2D eigenvalue weighted by Gasteiger charge is 2.26. The predicted octanol–water partition coefficient (Wildman–Crippen LogP) is 3.52. The van der Waals surface area contributed by atoms with E-state index in [2.05, 4.69) is 9.71 Å². The molecule has 2 aromatic carbocycles. The molecular weight excluding hydrogens is 430 g/mol. The van der Waals surface area contributed by atoms with Gasteiger partial charge >= 0.3 is 5.97 Å². The van der Waals surface area contributed by atoms with Crippen LogP contribution in [0.3, 0.4) is 0 Å². The Hall–Kier alpha value is -3.20. The van der Waals surface area contributed by atoms with E-state index in [1.165, 1.54) is 6.07 Å². The van der Waals surface area contributed by atoms with E-state index < -0.39 is 16.0 Å². The standard InChI is InChI=1S/C23H27N3O5S/c1-4-26(18-9-7-8-16(2)12-18)22(27)15-31-23(28)14-17(3)13-21-24-19-10-5-6-11-20(19)32(29,30)25-21/h5-12,17H,4,13-15H2,1-3H3,(H,24,25)/t17-/m0/s1. The number of fused-ring (bicyclic) bond motifs is 1. The van der Waals surface area contributed by atoms with Crippen molar-refractivity contribution in [3.05, 3.63) is 54.1 Å². The molecule has 0 bridgehead atoms. The summed E-state index contributed by atoms with van der Waals surface area (Å²) in [5.74, 6) is -0.786. The number of nitrogens with one attached hydrogen (secondary N) is 1. The van der Waals surface area contributed by atoms with Gasteiger partial charge in [0.25, 0.3) is 15.9 Å². The summed E-state index contributed by atoms with van der Waals surface area (Å²) in [5, 5.41) is 3.01. The van der Waals surface area contributed by atoms with Gasteiger partial charge in [-0.05, 0) is 49.6 Å². The molecule has 3 rings (SSSR count). The molecule has 170 valence electrons. The number of carbonyl (C=O) groups is 2. The maximum atomic E-state index is 12.5. The lowest BCUT2D eigenvalue weighted by atomic mass is 10.0. The van der Waals surface area contributed by atoms with Crippen LogP contribution < -0.4 is 10.2 Å². The van der Waals surface area contributed by atoms with Gasteiger partial charge in [-0.15, -0.1) is 4.40 Å². The molecule has 0 saturated carbocycles. The van der Waals surface area contributed by atoms with Crippen LogP contribution in [0, 0.1) is 12.8 Å². The molecule has 1 N–H and O–H groups in total. The number of amidine groups is 1. The number of amides is 1. The lowest BCUT2D eigenvalue weighted by Crippen LogP contribution is -2.34. The summed E-state index contributed by atoms with van der Waals surface area (Å²) in [7, 11) is -3.77. The van der Waals surface area contributed by atoms with Gasteiger partial charge in [-0.3, -0.25) is 9.59 Å². The Bertz CT molecular complexity index is 1140. The van der Waals surface area contributed by atoms with E-state index in [1.54, 1.807) is 30.0 Å². The number of rotatable bonds is 8. The first kappa shape index (κ1) is 23.5. The summed E-state index contributed by atoms with van der Waals surface area (Å²) in [5.41, 5.74) is 2.25. The summed E-state index contributed by atoms with van der Waals surface area (Å²) >= 11 is 0. The molecule has 0 saturated heterocycles. The second-order valence-electron chi connectivity index (χ2n) is 7.79. The Morgan fingerprint density at radius 1 is 1.16 bits per heavy atom. The van der Waals surface area contributed by atoms with Crippen LogP contribution in [0.1, 0.15) is 32.3 Å². The van der Waals surface area contributed by atoms with Gasteiger partial charge in [0.15, 0.2) is 6.61 Å². The first-order valence-corrected chi connectivity index (χ1v) is 11.9. The van der Waals surface area contributed by atoms with Crippen molar-refractivity contribution in [3.8, 4) is 0 Å². The third-order valence-corrected chi connectivity index (χ3v) is 6.39. The molecule has 0 unspecified atom stereocenters. The number of hydrogen-bond acceptors (Lipinski definition) is 6. The summed E-state index contributed by atoms with van der Waals surface area (Å²) in [6.07, 6.45) is 0.285. The summed E-state index contributed by atoms with van der Waals surface area (Å²) < 4.78 is 33.7. The van der Waals surface area contributed by atoms with Crippen molar-refractivity contribution < 1.29 is 22.7 Å². The van der Waals surface area contributed by atoms with E-state index in [4.69, 9.17) is 4.74 Å². The predicted molar refractivity (Wildman–Crippen MR) is 123 cm³/mol. The molecule has 0 aliphatic carbocycles. The van der Waals surface area contributed by atoms with Crippen LogP contribution in [0.15, 0.2) is 57.8 Å². The molecule has 1 atom stereocenters. The normalized spacial score (nSPS) is 15.0. The van der Waals surface area contributed by atoms with Gasteiger partial charge in [0, 0.05) is 25.1 Å². The van der Waals surface area contributed by atoms with Crippen molar-refractivity contribution >= 4 is 39.1 Å². The molecule has 0 aromatic heterocycles. The van der Waals surface area contributed by atoms with Gasteiger partial charge in [-0.2, -0.15) is 8.42 Å². The quantitative estimate of drug-likeness (QED) is 0.608. The monoisotopic (exact) mass is 457 g/mol. The third kappa shape index (κ3) is 5.73. The van der Waals surface area contributed by atoms with E-state index in [0.717, 1.165) is 11.3 Å². The van der Waals surface area contributed by atoms with Crippen molar-refractivity contribution in [1.82, 2.24) is 0 Å². The van der Waals surface area contributed by atoms with E-state index in [1.807, 2.05) is 38.1 Å². The Balaban J connectivity index is 1.53. The van der Waals surface area contributed by atoms with Gasteiger partial charge in [0.1, 0.15) is 10.7 Å². The van der Waals surface area contributed by atoms with Crippen LogP contribution in [0.2, 0.25) is 0 Å². The third-order valence-electron chi connectivity index (χ3n) is 5.02. The topological polar surface area (TPSA) is 105 Å². The van der Waals surface area contributed by atoms with Crippen molar-refractivity contribution in [2.45, 2.75) is 38.5 Å². The summed E-state index contributed by atoms with van der Waals surface area (Å²) in [4.78, 5) is 26.5. The Morgan fingerprint density at radius 3 is 2.62 bits per heavy atom. The molecule has 0 spiro atoms. The molecule has 32 heavy (non-hydrogen) atoms. The summed E-state index contributed by atoms with van der Waals surface area (Å²) in [6, 6.07) is 14.1. The van der Waals surface area contributed by atoms with Crippen molar-refractivity contribution in [1.29, 1.82) is 0 Å². The van der Waals surface area contributed by atoms with Crippen LogP contribution in [0.25, 0.3) is 0 Å². The minimum absolute atomic E-state index is 0.0340. The lowest BCUT2D eigenvalue weighted by molar-refractivity contribution is -0.148. The molecule has 1 heterocycles. The number of nitrogens with zero attached hydrogens (tertiary/aromatic N) is 2. The zero-order chi connectivity index (χ0) is 23.3. The maximum absolute atomic E-state index is 12.5. The van der Waals surface area contributed by atoms with Crippen molar-refractivity contribution in [2.24, 2.45) is 10.3 Å². The molecule has 0 fully saturated rings. The van der Waals surface area contributed by atoms with Gasteiger partial charge < -0.3 is 15.0 Å². The molecule has 8 nitrogen and oxygen atoms in total. The fourth-order valence-corrected chi connectivity index (χ4v) is 4.68. The average molecular weight is 458 g/mol. The number of aryl methyl sites for hydroxylation is 1. The molecule has 1 amide bonds. The average Bonchev–Trinajstić information content (AvgIpc) is 2.72. The first-order valence-electron chi connectivity index (χ1n) is 10.4.